The Morgan fingerprint density at radius 1 is 1.09 bits per heavy atom. The molecule has 0 bridgehead atoms. The van der Waals surface area contributed by atoms with Crippen molar-refractivity contribution in [3.05, 3.63) is 100 Å². The first-order valence-corrected chi connectivity index (χ1v) is 13.8. The molecule has 0 unspecified atom stereocenters. The van der Waals surface area contributed by atoms with E-state index >= 15 is 0 Å². The van der Waals surface area contributed by atoms with Gasteiger partial charge in [0.15, 0.2) is 0 Å². The van der Waals surface area contributed by atoms with Gasteiger partial charge in [0.05, 0.1) is 23.7 Å². The fraction of sp³-hybridized carbons (Fsp3) is 0.250. The molecule has 1 aliphatic heterocycles. The van der Waals surface area contributed by atoms with Gasteiger partial charge >= 0.3 is 5.97 Å². The minimum Gasteiger partial charge on any atom is -0.465 e. The number of hydrogen-bond acceptors (Lipinski definition) is 4. The number of anilines is 1. The highest BCUT2D eigenvalue weighted by Gasteiger charge is 2.56. The molecule has 3 aromatic rings. The molecule has 0 aromatic heterocycles. The molecule has 0 amide bonds. The van der Waals surface area contributed by atoms with Crippen LogP contribution in [0.1, 0.15) is 36.0 Å². The molecular weight excluding hydrogens is 526 g/mol. The molecule has 1 heterocycles. The number of sulfonamides is 1. The Kier molecular flexibility index (Phi) is 6.09. The maximum Gasteiger partial charge on any atom is 0.318 e. The van der Waals surface area contributed by atoms with E-state index in [1.807, 2.05) is 61.5 Å². The molecule has 0 saturated carbocycles. The number of carbonyl (C=O) groups excluding carboxylic acids is 1. The van der Waals surface area contributed by atoms with E-state index in [0.717, 1.165) is 26.7 Å². The molecule has 0 fully saturated rings. The zero-order valence-corrected chi connectivity index (χ0v) is 22.0. The number of rotatable bonds is 5. The molecule has 5 rings (SSSR count). The van der Waals surface area contributed by atoms with E-state index in [9.17, 15) is 13.2 Å². The summed E-state index contributed by atoms with van der Waals surface area (Å²) in [6.45, 7) is 3.90. The maximum atomic E-state index is 13.9. The number of hydrogen-bond donors (Lipinski definition) is 0. The highest BCUT2D eigenvalue weighted by molar-refractivity contribution is 9.10. The SMILES string of the molecule is CCOC(=O)[C@@]12C=C(c3cccc(Br)c3)C[C@H]1c1ccccc1N(S(=O)(=O)c1ccc(C)cc1)C2. The van der Waals surface area contributed by atoms with Crippen LogP contribution < -0.4 is 4.31 Å². The fourth-order valence-electron chi connectivity index (χ4n) is 5.22. The Morgan fingerprint density at radius 3 is 2.54 bits per heavy atom. The summed E-state index contributed by atoms with van der Waals surface area (Å²) in [7, 11) is -3.92. The number of benzene rings is 3. The van der Waals surface area contributed by atoms with Crippen LogP contribution in [0, 0.1) is 12.3 Å². The molecule has 0 saturated heterocycles. The number of ether oxygens (including phenoxy) is 1. The molecule has 1 aliphatic carbocycles. The summed E-state index contributed by atoms with van der Waals surface area (Å²) in [6.07, 6.45) is 2.57. The van der Waals surface area contributed by atoms with Gasteiger partial charge in [0.25, 0.3) is 10.0 Å². The van der Waals surface area contributed by atoms with Crippen molar-refractivity contribution in [3.8, 4) is 0 Å². The lowest BCUT2D eigenvalue weighted by atomic mass is 9.71. The quantitative estimate of drug-likeness (QED) is 0.360. The van der Waals surface area contributed by atoms with Gasteiger partial charge in [0.1, 0.15) is 5.41 Å². The first-order valence-electron chi connectivity index (χ1n) is 11.6. The van der Waals surface area contributed by atoms with Crippen LogP contribution in [-0.2, 0) is 19.6 Å². The Labute approximate surface area is 214 Å². The average molecular weight is 552 g/mol. The highest BCUT2D eigenvalue weighted by Crippen LogP contribution is 2.57. The zero-order valence-electron chi connectivity index (χ0n) is 19.6. The summed E-state index contributed by atoms with van der Waals surface area (Å²) in [4.78, 5) is 13.8. The first-order chi connectivity index (χ1) is 16.8. The van der Waals surface area contributed by atoms with Crippen molar-refractivity contribution >= 4 is 43.2 Å². The van der Waals surface area contributed by atoms with E-state index in [-0.39, 0.29) is 24.0 Å². The third-order valence-corrected chi connectivity index (χ3v) is 9.19. The topological polar surface area (TPSA) is 63.7 Å². The first kappa shape index (κ1) is 23.8. The Balaban J connectivity index is 1.70. The van der Waals surface area contributed by atoms with Gasteiger partial charge in [-0.25, -0.2) is 8.42 Å². The van der Waals surface area contributed by atoms with Gasteiger partial charge in [-0.3, -0.25) is 9.10 Å². The molecule has 5 nitrogen and oxygen atoms in total. The summed E-state index contributed by atoms with van der Waals surface area (Å²) in [5, 5.41) is 0. The molecule has 2 aliphatic rings. The standard InChI is InChI=1S/C28H26BrNO4S/c1-3-34-27(31)28-17-21(20-7-6-8-22(29)15-20)16-25(28)24-9-4-5-10-26(24)30(18-28)35(32,33)23-13-11-19(2)12-14-23/h4-15,17,25H,3,16,18H2,1-2H3/t25-,28+/m0/s1. The Hall–Kier alpha value is -2.90. The number of esters is 1. The summed E-state index contributed by atoms with van der Waals surface area (Å²) in [5.41, 5.74) is 3.31. The summed E-state index contributed by atoms with van der Waals surface area (Å²) in [6, 6.07) is 22.3. The lowest BCUT2D eigenvalue weighted by molar-refractivity contribution is -0.152. The minimum absolute atomic E-state index is 0.0127. The van der Waals surface area contributed by atoms with E-state index in [2.05, 4.69) is 15.9 Å². The van der Waals surface area contributed by atoms with Crippen molar-refractivity contribution in [1.29, 1.82) is 0 Å². The number of allylic oxidation sites excluding steroid dienone is 1. The zero-order chi connectivity index (χ0) is 24.8. The molecule has 7 heteroatoms. The summed E-state index contributed by atoms with van der Waals surface area (Å²) < 4.78 is 35.7. The van der Waals surface area contributed by atoms with Crippen LogP contribution in [-0.4, -0.2) is 27.5 Å². The van der Waals surface area contributed by atoms with E-state index in [4.69, 9.17) is 4.74 Å². The Morgan fingerprint density at radius 2 is 1.83 bits per heavy atom. The normalized spacial score (nSPS) is 21.2. The van der Waals surface area contributed by atoms with Crippen molar-refractivity contribution in [3.63, 3.8) is 0 Å². The van der Waals surface area contributed by atoms with E-state index in [1.54, 1.807) is 31.2 Å². The summed E-state index contributed by atoms with van der Waals surface area (Å²) in [5.74, 6) is -0.621. The second-order valence-corrected chi connectivity index (χ2v) is 11.9. The minimum atomic E-state index is -3.92. The second kappa shape index (κ2) is 8.95. The van der Waals surface area contributed by atoms with Gasteiger partial charge < -0.3 is 4.74 Å². The van der Waals surface area contributed by atoms with Crippen LogP contribution in [0.3, 0.4) is 0 Å². The maximum absolute atomic E-state index is 13.9. The van der Waals surface area contributed by atoms with Crippen LogP contribution in [0.25, 0.3) is 5.57 Å². The number of fused-ring (bicyclic) bond motifs is 3. The predicted octanol–water partition coefficient (Wildman–Crippen LogP) is 6.09. The molecule has 35 heavy (non-hydrogen) atoms. The lowest BCUT2D eigenvalue weighted by Gasteiger charge is -2.43. The third-order valence-electron chi connectivity index (χ3n) is 6.92. The third kappa shape index (κ3) is 4.00. The highest BCUT2D eigenvalue weighted by atomic mass is 79.9. The van der Waals surface area contributed by atoms with Crippen LogP contribution >= 0.6 is 15.9 Å². The van der Waals surface area contributed by atoms with Crippen molar-refractivity contribution < 1.29 is 17.9 Å². The molecular formula is C28H26BrNO4S. The number of halogens is 1. The predicted molar refractivity (Wildman–Crippen MR) is 141 cm³/mol. The molecule has 0 radical (unpaired) electrons. The fourth-order valence-corrected chi connectivity index (χ4v) is 7.16. The van der Waals surface area contributed by atoms with Gasteiger partial charge in [0, 0.05) is 10.4 Å². The van der Waals surface area contributed by atoms with Crippen LogP contribution in [0.15, 0.2) is 88.2 Å². The number of aryl methyl sites for hydroxylation is 1. The Bertz CT molecular complexity index is 1430. The van der Waals surface area contributed by atoms with Crippen LogP contribution in [0.4, 0.5) is 5.69 Å². The van der Waals surface area contributed by atoms with Crippen LogP contribution in [0.5, 0.6) is 0 Å². The summed E-state index contributed by atoms with van der Waals surface area (Å²) >= 11 is 3.54. The van der Waals surface area contributed by atoms with Crippen molar-refractivity contribution in [2.45, 2.75) is 31.1 Å². The molecule has 0 N–H and O–H groups in total. The smallest absolute Gasteiger partial charge is 0.318 e. The lowest BCUT2D eigenvalue weighted by Crippen LogP contribution is -2.51. The largest absolute Gasteiger partial charge is 0.465 e. The van der Waals surface area contributed by atoms with Crippen molar-refractivity contribution in [1.82, 2.24) is 0 Å². The average Bonchev–Trinajstić information content (AvgIpc) is 3.26. The molecule has 3 aromatic carbocycles. The monoisotopic (exact) mass is 551 g/mol. The van der Waals surface area contributed by atoms with Gasteiger partial charge in [0.2, 0.25) is 0 Å². The van der Waals surface area contributed by atoms with E-state index in [0.29, 0.717) is 12.1 Å². The van der Waals surface area contributed by atoms with Gasteiger partial charge in [-0.15, -0.1) is 0 Å². The number of carbonyl (C=O) groups is 1. The van der Waals surface area contributed by atoms with Crippen molar-refractivity contribution in [2.24, 2.45) is 5.41 Å². The van der Waals surface area contributed by atoms with E-state index < -0.39 is 21.4 Å². The van der Waals surface area contributed by atoms with Crippen LogP contribution in [0.2, 0.25) is 0 Å². The van der Waals surface area contributed by atoms with Gasteiger partial charge in [-0.1, -0.05) is 70.0 Å². The van der Waals surface area contributed by atoms with Gasteiger partial charge in [-0.05, 0) is 67.3 Å². The van der Waals surface area contributed by atoms with E-state index in [1.165, 1.54) is 4.31 Å². The number of nitrogens with zero attached hydrogens (tertiary/aromatic N) is 1. The van der Waals surface area contributed by atoms with Crippen molar-refractivity contribution in [2.75, 3.05) is 17.5 Å². The molecule has 180 valence electrons. The van der Waals surface area contributed by atoms with Gasteiger partial charge in [-0.2, -0.15) is 0 Å². The number of para-hydroxylation sites is 1. The molecule has 2 atom stereocenters. The second-order valence-electron chi connectivity index (χ2n) is 9.08. The molecule has 0 spiro atoms.